The third-order valence-electron chi connectivity index (χ3n) is 6.84. The molecule has 0 bridgehead atoms. The van der Waals surface area contributed by atoms with Crippen LogP contribution in [0, 0.1) is 13.8 Å². The predicted molar refractivity (Wildman–Crippen MR) is 142 cm³/mol. The maximum absolute atomic E-state index is 13.5. The standard InChI is InChI=1S/C29H28F6N4O2/c1-5-23-37-24-16(3)11-17(4)36-26(24)39(23)15-18-7-9-22(10-8-18)38(6-2)25(27(40)41)19-12-20(28(30,31)32)14-21(13-19)29(33,34)35/h7-14,25H,5-6,15H2,1-4H3,(H,40,41). The summed E-state index contributed by atoms with van der Waals surface area (Å²) < 4.78 is 82.8. The number of aryl methyl sites for hydroxylation is 3. The fraction of sp³-hybridized carbons (Fsp3) is 0.345. The molecule has 218 valence electrons. The Balaban J connectivity index is 1.72. The van der Waals surface area contributed by atoms with Gasteiger partial charge in [-0.25, -0.2) is 14.8 Å². The lowest BCUT2D eigenvalue weighted by Gasteiger charge is -2.31. The van der Waals surface area contributed by atoms with Crippen LogP contribution >= 0.6 is 0 Å². The van der Waals surface area contributed by atoms with Crippen LogP contribution in [0.2, 0.25) is 0 Å². The lowest BCUT2D eigenvalue weighted by Crippen LogP contribution is -2.34. The van der Waals surface area contributed by atoms with Crippen LogP contribution in [-0.4, -0.2) is 32.2 Å². The summed E-state index contributed by atoms with van der Waals surface area (Å²) in [5.41, 5.74) is 0.750. The molecular formula is C29H28F6N4O2. The molecule has 1 N–H and O–H groups in total. The van der Waals surface area contributed by atoms with Gasteiger partial charge in [0.05, 0.1) is 17.7 Å². The van der Waals surface area contributed by atoms with Gasteiger partial charge in [0.2, 0.25) is 0 Å². The van der Waals surface area contributed by atoms with Gasteiger partial charge in [-0.1, -0.05) is 19.1 Å². The number of hydrogen-bond acceptors (Lipinski definition) is 4. The number of nitrogens with zero attached hydrogens (tertiary/aromatic N) is 4. The van der Waals surface area contributed by atoms with Gasteiger partial charge in [0.25, 0.3) is 0 Å². The van der Waals surface area contributed by atoms with E-state index in [-0.39, 0.29) is 12.6 Å². The number of halogens is 6. The molecule has 4 aromatic rings. The number of carboxylic acids is 1. The number of pyridine rings is 1. The number of carbonyl (C=O) groups is 1. The minimum atomic E-state index is -5.10. The Hall–Kier alpha value is -4.09. The molecule has 0 aliphatic heterocycles. The number of aromatic nitrogens is 3. The van der Waals surface area contributed by atoms with Gasteiger partial charge < -0.3 is 14.6 Å². The molecule has 12 heteroatoms. The van der Waals surface area contributed by atoms with Crippen LogP contribution in [0.3, 0.4) is 0 Å². The van der Waals surface area contributed by atoms with Gasteiger partial charge in [0, 0.05) is 24.3 Å². The number of imidazole rings is 1. The van der Waals surface area contributed by atoms with Crippen molar-refractivity contribution in [2.75, 3.05) is 11.4 Å². The molecule has 0 amide bonds. The molecule has 2 heterocycles. The highest BCUT2D eigenvalue weighted by Gasteiger charge is 2.39. The first-order valence-electron chi connectivity index (χ1n) is 12.8. The minimum Gasteiger partial charge on any atom is -0.479 e. The molecule has 2 aromatic carbocycles. The number of carboxylic acid groups (broad SMARTS) is 1. The SMILES string of the molecule is CCc1nc2c(C)cc(C)nc2n1Cc1ccc(N(CC)C(C(=O)O)c2cc(C(F)(F)F)cc(C(F)(F)F)c2)cc1. The molecule has 0 radical (unpaired) electrons. The number of rotatable bonds is 8. The van der Waals surface area contributed by atoms with Gasteiger partial charge in [-0.2, -0.15) is 26.3 Å². The van der Waals surface area contributed by atoms with Crippen LogP contribution in [0.5, 0.6) is 0 Å². The lowest BCUT2D eigenvalue weighted by atomic mass is 9.97. The minimum absolute atomic E-state index is 0.00250. The van der Waals surface area contributed by atoms with Crippen molar-refractivity contribution in [1.82, 2.24) is 14.5 Å². The van der Waals surface area contributed by atoms with E-state index in [9.17, 15) is 36.2 Å². The smallest absolute Gasteiger partial charge is 0.416 e. The number of alkyl halides is 6. The van der Waals surface area contributed by atoms with Crippen LogP contribution in [0.1, 0.15) is 59.2 Å². The van der Waals surface area contributed by atoms with Crippen molar-refractivity contribution < 1.29 is 36.2 Å². The summed E-state index contributed by atoms with van der Waals surface area (Å²) in [6, 6.07) is 7.72. The predicted octanol–water partition coefficient (Wildman–Crippen LogP) is 7.35. The van der Waals surface area contributed by atoms with E-state index in [1.54, 1.807) is 31.2 Å². The van der Waals surface area contributed by atoms with Gasteiger partial charge in [-0.15, -0.1) is 0 Å². The topological polar surface area (TPSA) is 71.2 Å². The maximum Gasteiger partial charge on any atom is 0.416 e. The monoisotopic (exact) mass is 578 g/mol. The van der Waals surface area contributed by atoms with Crippen LogP contribution in [-0.2, 0) is 30.1 Å². The molecule has 0 saturated heterocycles. The number of anilines is 1. The maximum atomic E-state index is 13.5. The second kappa shape index (κ2) is 11.1. The molecule has 41 heavy (non-hydrogen) atoms. The molecule has 4 rings (SSSR count). The van der Waals surface area contributed by atoms with Gasteiger partial charge in [0.15, 0.2) is 11.7 Å². The number of fused-ring (bicyclic) bond motifs is 1. The second-order valence-corrected chi connectivity index (χ2v) is 9.75. The number of likely N-dealkylation sites (N-methyl/N-ethyl adjacent to an activating group) is 1. The summed E-state index contributed by atoms with van der Waals surface area (Å²) in [7, 11) is 0. The van der Waals surface area contributed by atoms with Crippen molar-refractivity contribution in [3.8, 4) is 0 Å². The normalized spacial score (nSPS) is 13.0. The van der Waals surface area contributed by atoms with E-state index in [1.165, 1.54) is 4.90 Å². The van der Waals surface area contributed by atoms with Crippen molar-refractivity contribution in [3.63, 3.8) is 0 Å². The Kier molecular flexibility index (Phi) is 8.06. The molecule has 0 aliphatic rings. The van der Waals surface area contributed by atoms with E-state index < -0.39 is 41.1 Å². The first-order valence-corrected chi connectivity index (χ1v) is 12.8. The third-order valence-corrected chi connectivity index (χ3v) is 6.84. The first-order chi connectivity index (χ1) is 19.1. The van der Waals surface area contributed by atoms with Crippen molar-refractivity contribution in [2.45, 2.75) is 59.1 Å². The van der Waals surface area contributed by atoms with Crippen molar-refractivity contribution in [2.24, 2.45) is 0 Å². The zero-order valence-electron chi connectivity index (χ0n) is 22.7. The molecule has 0 saturated carbocycles. The molecule has 2 aromatic heterocycles. The van der Waals surface area contributed by atoms with Crippen LogP contribution in [0.25, 0.3) is 11.2 Å². The molecule has 0 spiro atoms. The summed E-state index contributed by atoms with van der Waals surface area (Å²) in [5, 5.41) is 9.98. The Labute approximate surface area is 232 Å². The average molecular weight is 579 g/mol. The molecule has 1 atom stereocenters. The zero-order chi connectivity index (χ0) is 30.3. The molecule has 1 unspecified atom stereocenters. The Morgan fingerprint density at radius 3 is 2.00 bits per heavy atom. The average Bonchev–Trinajstić information content (AvgIpc) is 3.23. The summed E-state index contributed by atoms with van der Waals surface area (Å²) in [6.07, 6.45) is -9.54. The Morgan fingerprint density at radius 1 is 0.927 bits per heavy atom. The fourth-order valence-corrected chi connectivity index (χ4v) is 4.97. The highest BCUT2D eigenvalue weighted by atomic mass is 19.4. The summed E-state index contributed by atoms with van der Waals surface area (Å²) in [4.78, 5) is 22.9. The number of hydrogen-bond donors (Lipinski definition) is 1. The van der Waals surface area contributed by atoms with Crippen LogP contribution in [0.15, 0.2) is 48.5 Å². The quantitative estimate of drug-likeness (QED) is 0.222. The van der Waals surface area contributed by atoms with Gasteiger partial charge in [-0.05, 0) is 73.9 Å². The molecule has 0 fully saturated rings. The first kappa shape index (κ1) is 29.9. The van der Waals surface area contributed by atoms with Crippen LogP contribution in [0.4, 0.5) is 32.0 Å². The Bertz CT molecular complexity index is 1540. The van der Waals surface area contributed by atoms with E-state index in [2.05, 4.69) is 4.98 Å². The van der Waals surface area contributed by atoms with Crippen molar-refractivity contribution >= 4 is 22.8 Å². The summed E-state index contributed by atoms with van der Waals surface area (Å²) >= 11 is 0. The molecule has 0 aliphatic carbocycles. The van der Waals surface area contributed by atoms with E-state index in [0.717, 1.165) is 33.8 Å². The van der Waals surface area contributed by atoms with Gasteiger partial charge >= 0.3 is 18.3 Å². The van der Waals surface area contributed by atoms with Gasteiger partial charge in [0.1, 0.15) is 11.3 Å². The van der Waals surface area contributed by atoms with Crippen molar-refractivity contribution in [3.05, 3.63) is 87.9 Å². The summed E-state index contributed by atoms with van der Waals surface area (Å²) in [5.74, 6) is -0.755. The van der Waals surface area contributed by atoms with Gasteiger partial charge in [-0.3, -0.25) is 0 Å². The molecular weight excluding hydrogens is 550 g/mol. The number of aliphatic carboxylic acids is 1. The number of benzene rings is 2. The lowest BCUT2D eigenvalue weighted by molar-refractivity contribution is -0.144. The highest BCUT2D eigenvalue weighted by Crippen LogP contribution is 2.39. The van der Waals surface area contributed by atoms with E-state index in [0.29, 0.717) is 30.8 Å². The second-order valence-electron chi connectivity index (χ2n) is 9.75. The fourth-order valence-electron chi connectivity index (χ4n) is 4.97. The molecule has 6 nitrogen and oxygen atoms in total. The Morgan fingerprint density at radius 2 is 1.51 bits per heavy atom. The van der Waals surface area contributed by atoms with E-state index in [4.69, 9.17) is 4.98 Å². The summed E-state index contributed by atoms with van der Waals surface area (Å²) in [6.45, 7) is 7.82. The van der Waals surface area contributed by atoms with E-state index >= 15 is 0 Å². The van der Waals surface area contributed by atoms with Crippen LogP contribution < -0.4 is 4.90 Å². The van der Waals surface area contributed by atoms with Crippen molar-refractivity contribution in [1.29, 1.82) is 0 Å². The van der Waals surface area contributed by atoms with E-state index in [1.807, 2.05) is 31.4 Å². The third kappa shape index (κ3) is 6.15. The largest absolute Gasteiger partial charge is 0.479 e. The highest BCUT2D eigenvalue weighted by molar-refractivity contribution is 5.80. The zero-order valence-corrected chi connectivity index (χ0v) is 22.7.